The summed E-state index contributed by atoms with van der Waals surface area (Å²) < 4.78 is 81.9. The first kappa shape index (κ1) is 24.7. The van der Waals surface area contributed by atoms with Crippen molar-refractivity contribution in [2.24, 2.45) is 5.41 Å². The Hall–Kier alpha value is -2.97. The largest absolute Gasteiger partial charge is 0.437 e. The number of amides is 2. The van der Waals surface area contributed by atoms with Crippen molar-refractivity contribution in [2.75, 3.05) is 26.2 Å². The van der Waals surface area contributed by atoms with E-state index in [-0.39, 0.29) is 30.6 Å². The number of benzene rings is 1. The fraction of sp³-hybridized carbons (Fsp3) is 0.571. The quantitative estimate of drug-likeness (QED) is 0.584. The molecule has 0 bridgehead atoms. The van der Waals surface area contributed by atoms with Crippen LogP contribution in [0.15, 0.2) is 18.2 Å². The standard InChI is InChI=1S/C21H21F6N3O3/c1-13(20(22,23)24)33-18(32)29-7-4-19(5-8-29)6-9-30(12-19)17(31)14-2-3-15(11-28)16(10-14)21(25,26)27/h2-3,10,13H,4-9,12H2,1H3. The number of piperidine rings is 1. The van der Waals surface area contributed by atoms with Crippen LogP contribution < -0.4 is 0 Å². The average Bonchev–Trinajstić information content (AvgIpc) is 3.15. The first-order chi connectivity index (χ1) is 15.3. The second-order valence-corrected chi connectivity index (χ2v) is 8.40. The highest BCUT2D eigenvalue weighted by molar-refractivity contribution is 5.95. The van der Waals surface area contributed by atoms with Gasteiger partial charge in [-0.25, -0.2) is 4.79 Å². The van der Waals surface area contributed by atoms with Gasteiger partial charge in [0.2, 0.25) is 0 Å². The van der Waals surface area contributed by atoms with E-state index in [9.17, 15) is 35.9 Å². The number of carbonyl (C=O) groups excluding carboxylic acids is 2. The van der Waals surface area contributed by atoms with Crippen LogP contribution in [-0.2, 0) is 10.9 Å². The van der Waals surface area contributed by atoms with E-state index >= 15 is 0 Å². The summed E-state index contributed by atoms with van der Waals surface area (Å²) in [4.78, 5) is 27.5. The minimum absolute atomic E-state index is 0.153. The van der Waals surface area contributed by atoms with Crippen LogP contribution in [0.2, 0.25) is 0 Å². The highest BCUT2D eigenvalue weighted by atomic mass is 19.4. The van der Waals surface area contributed by atoms with Gasteiger partial charge in [-0.1, -0.05) is 0 Å². The number of nitrogens with zero attached hydrogens (tertiary/aromatic N) is 3. The number of hydrogen-bond acceptors (Lipinski definition) is 4. The fourth-order valence-corrected chi connectivity index (χ4v) is 4.16. The van der Waals surface area contributed by atoms with Crippen molar-refractivity contribution in [1.82, 2.24) is 9.80 Å². The first-order valence-corrected chi connectivity index (χ1v) is 10.2. The Labute approximate surface area is 185 Å². The molecule has 0 radical (unpaired) electrons. The molecule has 0 saturated carbocycles. The van der Waals surface area contributed by atoms with Gasteiger partial charge in [-0.15, -0.1) is 0 Å². The van der Waals surface area contributed by atoms with Gasteiger partial charge >= 0.3 is 18.4 Å². The molecule has 1 spiro atoms. The molecular weight excluding hydrogens is 456 g/mol. The SMILES string of the molecule is CC(OC(=O)N1CCC2(CC1)CCN(C(=O)c1ccc(C#N)c(C(F)(F)F)c1)C2)C(F)(F)F. The van der Waals surface area contributed by atoms with E-state index in [1.54, 1.807) is 0 Å². The number of alkyl halides is 6. The lowest BCUT2D eigenvalue weighted by Gasteiger charge is -2.39. The highest BCUT2D eigenvalue weighted by Gasteiger charge is 2.45. The minimum Gasteiger partial charge on any atom is -0.437 e. The molecule has 1 aromatic carbocycles. The van der Waals surface area contributed by atoms with Crippen molar-refractivity contribution < 1.29 is 40.7 Å². The molecule has 1 unspecified atom stereocenters. The van der Waals surface area contributed by atoms with Crippen molar-refractivity contribution in [3.8, 4) is 6.07 Å². The number of carbonyl (C=O) groups is 2. The van der Waals surface area contributed by atoms with Gasteiger partial charge in [-0.3, -0.25) is 4.79 Å². The molecule has 12 heteroatoms. The molecule has 2 aliphatic heterocycles. The van der Waals surface area contributed by atoms with Crippen LogP contribution in [0.5, 0.6) is 0 Å². The molecule has 2 amide bonds. The van der Waals surface area contributed by atoms with Crippen LogP contribution in [0.25, 0.3) is 0 Å². The zero-order valence-corrected chi connectivity index (χ0v) is 17.6. The minimum atomic E-state index is -4.78. The van der Waals surface area contributed by atoms with E-state index in [1.165, 1.54) is 21.9 Å². The molecule has 1 aromatic rings. The Morgan fingerprint density at radius 2 is 1.64 bits per heavy atom. The molecule has 3 rings (SSSR count). The van der Waals surface area contributed by atoms with Gasteiger partial charge in [0.1, 0.15) is 0 Å². The number of hydrogen-bond donors (Lipinski definition) is 0. The molecule has 2 aliphatic rings. The van der Waals surface area contributed by atoms with Gasteiger partial charge in [-0.2, -0.15) is 31.6 Å². The van der Waals surface area contributed by atoms with Crippen LogP contribution in [0, 0.1) is 16.7 Å². The molecule has 0 aromatic heterocycles. The summed E-state index contributed by atoms with van der Waals surface area (Å²) in [5.41, 5.74) is -2.30. The maximum absolute atomic E-state index is 13.2. The summed E-state index contributed by atoms with van der Waals surface area (Å²) in [6.07, 6.45) is -11.3. The molecule has 2 heterocycles. The van der Waals surface area contributed by atoms with Crippen LogP contribution in [-0.4, -0.2) is 60.3 Å². The Kier molecular flexibility index (Phi) is 6.55. The first-order valence-electron chi connectivity index (χ1n) is 10.2. The van der Waals surface area contributed by atoms with Gasteiger partial charge in [-0.05, 0) is 49.8 Å². The normalized spacial score (nSPS) is 19.3. The third kappa shape index (κ3) is 5.34. The number of nitriles is 1. The van der Waals surface area contributed by atoms with Crippen molar-refractivity contribution in [3.63, 3.8) is 0 Å². The molecule has 1 atom stereocenters. The van der Waals surface area contributed by atoms with Crippen molar-refractivity contribution in [3.05, 3.63) is 34.9 Å². The molecule has 180 valence electrons. The number of rotatable bonds is 2. The van der Waals surface area contributed by atoms with Crippen LogP contribution in [0.1, 0.15) is 47.7 Å². The third-order valence-electron chi connectivity index (χ3n) is 6.24. The van der Waals surface area contributed by atoms with Gasteiger partial charge in [0.25, 0.3) is 5.91 Å². The van der Waals surface area contributed by atoms with E-state index in [2.05, 4.69) is 4.74 Å². The summed E-state index contributed by atoms with van der Waals surface area (Å²) in [5.74, 6) is -0.595. The monoisotopic (exact) mass is 477 g/mol. The topological polar surface area (TPSA) is 73.6 Å². The smallest absolute Gasteiger partial charge is 0.425 e. The molecule has 2 saturated heterocycles. The summed E-state index contributed by atoms with van der Waals surface area (Å²) in [5, 5.41) is 8.90. The Morgan fingerprint density at radius 1 is 1.06 bits per heavy atom. The zero-order chi connectivity index (χ0) is 24.6. The second-order valence-electron chi connectivity index (χ2n) is 8.40. The van der Waals surface area contributed by atoms with Crippen LogP contribution >= 0.6 is 0 Å². The lowest BCUT2D eigenvalue weighted by Crippen LogP contribution is -2.46. The van der Waals surface area contributed by atoms with Crippen molar-refractivity contribution in [1.29, 1.82) is 5.26 Å². The second kappa shape index (κ2) is 8.76. The van der Waals surface area contributed by atoms with Crippen molar-refractivity contribution >= 4 is 12.0 Å². The Balaban J connectivity index is 1.63. The summed E-state index contributed by atoms with van der Waals surface area (Å²) in [6, 6.07) is 4.29. The number of halogens is 6. The molecule has 0 aliphatic carbocycles. The Bertz CT molecular complexity index is 961. The molecule has 0 N–H and O–H groups in total. The average molecular weight is 477 g/mol. The van der Waals surface area contributed by atoms with Gasteiger partial charge in [0, 0.05) is 31.7 Å². The van der Waals surface area contributed by atoms with Crippen LogP contribution in [0.4, 0.5) is 31.1 Å². The summed E-state index contributed by atoms with van der Waals surface area (Å²) >= 11 is 0. The zero-order valence-electron chi connectivity index (χ0n) is 17.6. The molecule has 6 nitrogen and oxygen atoms in total. The van der Waals surface area contributed by atoms with Crippen LogP contribution in [0.3, 0.4) is 0 Å². The van der Waals surface area contributed by atoms with E-state index in [4.69, 9.17) is 5.26 Å². The van der Waals surface area contributed by atoms with E-state index < -0.39 is 41.6 Å². The molecule has 33 heavy (non-hydrogen) atoms. The van der Waals surface area contributed by atoms with Gasteiger partial charge in [0.15, 0.2) is 6.10 Å². The summed E-state index contributed by atoms with van der Waals surface area (Å²) in [7, 11) is 0. The highest BCUT2D eigenvalue weighted by Crippen LogP contribution is 2.41. The Morgan fingerprint density at radius 3 is 2.15 bits per heavy atom. The van der Waals surface area contributed by atoms with E-state index in [0.717, 1.165) is 13.0 Å². The lowest BCUT2D eigenvalue weighted by molar-refractivity contribution is -0.200. The van der Waals surface area contributed by atoms with E-state index in [0.29, 0.717) is 31.9 Å². The fourth-order valence-electron chi connectivity index (χ4n) is 4.16. The van der Waals surface area contributed by atoms with Crippen molar-refractivity contribution in [2.45, 2.75) is 44.6 Å². The van der Waals surface area contributed by atoms with E-state index in [1.807, 2.05) is 0 Å². The van der Waals surface area contributed by atoms with Gasteiger partial charge in [0.05, 0.1) is 17.2 Å². The predicted molar refractivity (Wildman–Crippen MR) is 102 cm³/mol. The maximum atomic E-state index is 13.2. The third-order valence-corrected chi connectivity index (χ3v) is 6.24. The summed E-state index contributed by atoms with van der Waals surface area (Å²) in [6.45, 7) is 1.61. The number of likely N-dealkylation sites (tertiary alicyclic amines) is 2. The maximum Gasteiger partial charge on any atom is 0.425 e. The number of ether oxygens (including phenoxy) is 1. The molecular formula is C21H21F6N3O3. The lowest BCUT2D eigenvalue weighted by atomic mass is 9.78. The molecule has 2 fully saturated rings. The van der Waals surface area contributed by atoms with Gasteiger partial charge < -0.3 is 14.5 Å². The predicted octanol–water partition coefficient (Wildman–Crippen LogP) is 4.59.